The van der Waals surface area contributed by atoms with Crippen molar-refractivity contribution in [2.24, 2.45) is 5.73 Å². The van der Waals surface area contributed by atoms with Crippen LogP contribution < -0.4 is 80.0 Å². The summed E-state index contributed by atoms with van der Waals surface area (Å²) in [6.07, 6.45) is -1.81. The first-order valence-corrected chi connectivity index (χ1v) is 17.8. The minimum absolute atomic E-state index is 0. The van der Waals surface area contributed by atoms with Gasteiger partial charge in [0.05, 0.1) is 17.8 Å². The fourth-order valence-electron chi connectivity index (χ4n) is 4.10. The summed E-state index contributed by atoms with van der Waals surface area (Å²) >= 11 is 12.1. The standard InChI is InChI=1S/C25H42Cl2N4O11P2.2Na.2H/c1-17(21(32)29-13-5-10-25(35,43(36,37)38)44(39,40)41)30-22(33)20(28)16-18-6-8-19(9-7-18)31(14-11-26,15-12-27)23(34)42-24(2,3)4;;;;/h6-9,17,20,35H,5,10-16,28H2,1-4H3,(H5-,29,30,32,33,36,37,38,39,40,41);;;;/q;2*+1;2*-1/p+1/t17-,20-;;;;/m0..../s1. The quantitative estimate of drug-likeness (QED) is 0.0264. The Morgan fingerprint density at radius 3 is 1.87 bits per heavy atom. The van der Waals surface area contributed by atoms with E-state index in [0.29, 0.717) is 11.3 Å². The SMILES string of the molecule is C[C@H](NC(=O)[C@@H](N)Cc1ccc([N+](CCCl)(CCCl)C(=O)OC(C)(C)C)cc1)C(=O)NCCCC(O)(P(=O)(O)O)P(=O)(O)O.[H-].[H-].[Na+].[Na+]. The maximum Gasteiger partial charge on any atom is 1.00 e. The van der Waals surface area contributed by atoms with Crippen molar-refractivity contribution in [2.75, 3.05) is 31.4 Å². The topological polar surface area (TPSA) is 246 Å². The normalized spacial score (nSPS) is 13.8. The van der Waals surface area contributed by atoms with Crippen molar-refractivity contribution in [2.45, 2.75) is 69.7 Å². The van der Waals surface area contributed by atoms with Crippen LogP contribution in [0.3, 0.4) is 0 Å². The number of nitrogens with zero attached hydrogens (tertiary/aromatic N) is 1. The van der Waals surface area contributed by atoms with Gasteiger partial charge in [0, 0.05) is 25.1 Å². The smallest absolute Gasteiger partial charge is 1.00 e. The summed E-state index contributed by atoms with van der Waals surface area (Å²) in [6.45, 7) is 6.79. The molecule has 1 aromatic carbocycles. The molecular formula is C25H45Cl2N4Na2O11P2+. The maximum absolute atomic E-state index is 13.2. The van der Waals surface area contributed by atoms with Gasteiger partial charge in [-0.1, -0.05) is 12.1 Å². The molecule has 0 heterocycles. The number of carbonyl (C=O) groups excluding carboxylic acids is 3. The van der Waals surface area contributed by atoms with Crippen LogP contribution >= 0.6 is 38.4 Å². The van der Waals surface area contributed by atoms with E-state index >= 15 is 0 Å². The van der Waals surface area contributed by atoms with Gasteiger partial charge in [-0.05, 0) is 46.1 Å². The zero-order valence-electron chi connectivity index (χ0n) is 29.0. The Morgan fingerprint density at radius 2 is 1.46 bits per heavy atom. The van der Waals surface area contributed by atoms with Gasteiger partial charge in [-0.25, -0.2) is 0 Å². The number of amides is 3. The molecule has 0 unspecified atom stereocenters. The van der Waals surface area contributed by atoms with E-state index in [2.05, 4.69) is 10.6 Å². The molecule has 46 heavy (non-hydrogen) atoms. The van der Waals surface area contributed by atoms with E-state index in [1.807, 2.05) is 0 Å². The molecule has 0 bridgehead atoms. The average molecular weight is 756 g/mol. The number of nitrogens with one attached hydrogen (secondary N) is 2. The Labute approximate surface area is 326 Å². The van der Waals surface area contributed by atoms with Gasteiger partial charge in [0.25, 0.3) is 5.08 Å². The maximum atomic E-state index is 13.2. The molecule has 0 spiro atoms. The van der Waals surface area contributed by atoms with Gasteiger partial charge in [0.15, 0.2) is 0 Å². The molecule has 3 amide bonds. The zero-order valence-corrected chi connectivity index (χ0v) is 34.3. The summed E-state index contributed by atoms with van der Waals surface area (Å²) in [7, 11) is -11.2. The third-order valence-corrected chi connectivity index (χ3v) is 10.8. The van der Waals surface area contributed by atoms with E-state index in [0.717, 1.165) is 0 Å². The second-order valence-corrected chi connectivity index (χ2v) is 16.0. The predicted octanol–water partition coefficient (Wildman–Crippen LogP) is -4.09. The Bertz CT molecular complexity index is 1230. The number of rotatable bonds is 16. The molecule has 0 saturated carbocycles. The van der Waals surface area contributed by atoms with E-state index in [1.54, 1.807) is 45.0 Å². The Hall–Kier alpha value is 0.390. The van der Waals surface area contributed by atoms with Crippen molar-refractivity contribution in [1.82, 2.24) is 15.1 Å². The summed E-state index contributed by atoms with van der Waals surface area (Å²) in [5.41, 5.74) is 6.57. The second kappa shape index (κ2) is 20.3. The summed E-state index contributed by atoms with van der Waals surface area (Å²) in [5.74, 6) is -1.03. The van der Waals surface area contributed by atoms with Crippen LogP contribution in [0.15, 0.2) is 24.3 Å². The van der Waals surface area contributed by atoms with Crippen LogP contribution in [0.25, 0.3) is 0 Å². The summed E-state index contributed by atoms with van der Waals surface area (Å²) in [4.78, 5) is 74.9. The van der Waals surface area contributed by atoms with Gasteiger partial charge in [-0.15, -0.1) is 23.2 Å². The first-order valence-electron chi connectivity index (χ1n) is 13.5. The fraction of sp³-hybridized carbons (Fsp3) is 0.640. The Morgan fingerprint density at radius 1 is 0.978 bits per heavy atom. The summed E-state index contributed by atoms with van der Waals surface area (Å²) < 4.78 is 28.2. The van der Waals surface area contributed by atoms with Crippen LogP contribution in [0.5, 0.6) is 0 Å². The molecular weight excluding hydrogens is 711 g/mol. The molecule has 0 aliphatic carbocycles. The van der Waals surface area contributed by atoms with Crippen molar-refractivity contribution < 1.29 is 115 Å². The Kier molecular flexibility index (Phi) is 21.4. The van der Waals surface area contributed by atoms with E-state index < -0.39 is 68.7 Å². The molecule has 0 aromatic heterocycles. The van der Waals surface area contributed by atoms with E-state index in [4.69, 9.17) is 33.7 Å². The molecule has 0 radical (unpaired) electrons. The molecule has 256 valence electrons. The summed E-state index contributed by atoms with van der Waals surface area (Å²) in [6, 6.07) is 4.67. The van der Waals surface area contributed by atoms with Gasteiger partial charge in [-0.3, -0.25) is 18.7 Å². The molecule has 0 aliphatic heterocycles. The van der Waals surface area contributed by atoms with Gasteiger partial charge in [0.1, 0.15) is 30.4 Å². The number of halogens is 2. The molecule has 0 saturated heterocycles. The van der Waals surface area contributed by atoms with Crippen molar-refractivity contribution in [3.8, 4) is 0 Å². The molecule has 21 heteroatoms. The number of carbonyl (C=O) groups is 3. The van der Waals surface area contributed by atoms with Gasteiger partial charge in [0.2, 0.25) is 11.8 Å². The van der Waals surface area contributed by atoms with Crippen LogP contribution in [0.4, 0.5) is 10.5 Å². The minimum atomic E-state index is -5.60. The molecule has 9 N–H and O–H groups in total. The average Bonchev–Trinajstić information content (AvgIpc) is 2.88. The molecule has 0 fully saturated rings. The van der Waals surface area contributed by atoms with Crippen LogP contribution in [-0.2, 0) is 29.9 Å². The number of benzene rings is 1. The minimum Gasteiger partial charge on any atom is -1.00 e. The number of hydrogen-bond acceptors (Lipinski definition) is 8. The first-order chi connectivity index (χ1) is 20.0. The molecule has 1 aromatic rings. The van der Waals surface area contributed by atoms with Gasteiger partial charge < -0.3 is 48.6 Å². The molecule has 0 aliphatic rings. The number of aliphatic hydroxyl groups is 1. The van der Waals surface area contributed by atoms with Crippen LogP contribution in [0, 0.1) is 0 Å². The van der Waals surface area contributed by atoms with Gasteiger partial charge >= 0.3 is 80.4 Å². The molecule has 15 nitrogen and oxygen atoms in total. The van der Waals surface area contributed by atoms with Crippen molar-refractivity contribution >= 4 is 62.0 Å². The van der Waals surface area contributed by atoms with E-state index in [9.17, 15) is 48.2 Å². The second-order valence-electron chi connectivity index (χ2n) is 11.2. The monoisotopic (exact) mass is 755 g/mol. The van der Waals surface area contributed by atoms with Crippen molar-refractivity contribution in [3.05, 3.63) is 29.8 Å². The number of hydrogen-bond donors (Lipinski definition) is 8. The predicted molar refractivity (Wildman–Crippen MR) is 168 cm³/mol. The third-order valence-electron chi connectivity index (χ3n) is 6.57. The Balaban J connectivity index is -0.00000242. The van der Waals surface area contributed by atoms with Crippen molar-refractivity contribution in [3.63, 3.8) is 0 Å². The zero-order chi connectivity index (χ0) is 34.1. The number of nitrogens with two attached hydrogens (primary N) is 1. The van der Waals surface area contributed by atoms with E-state index in [-0.39, 0.29) is 104 Å². The third kappa shape index (κ3) is 14.0. The molecule has 2 atom stereocenters. The van der Waals surface area contributed by atoms with Crippen LogP contribution in [0.2, 0.25) is 0 Å². The van der Waals surface area contributed by atoms with Gasteiger partial charge in [-0.2, -0.15) is 9.28 Å². The van der Waals surface area contributed by atoms with Crippen molar-refractivity contribution in [1.29, 1.82) is 0 Å². The largest absolute Gasteiger partial charge is 1.00 e. The fourth-order valence-corrected chi connectivity index (χ4v) is 6.93. The van der Waals surface area contributed by atoms with E-state index in [1.165, 1.54) is 6.92 Å². The molecule has 1 rings (SSSR count). The number of alkyl halides is 2. The number of quaternary nitrogens is 1. The first kappa shape index (κ1) is 48.5. The summed E-state index contributed by atoms with van der Waals surface area (Å²) in [5, 5.41) is 11.1. The number of ether oxygens (including phenoxy) is 1. The van der Waals surface area contributed by atoms with Crippen LogP contribution in [-0.4, -0.2) is 96.8 Å². The van der Waals surface area contributed by atoms with Crippen LogP contribution in [0.1, 0.15) is 49.0 Å².